The average molecular weight is 316 g/mol. The normalized spacial score (nSPS) is 19.0. The molecule has 0 saturated carbocycles. The number of rotatable bonds is 0. The van der Waals surface area contributed by atoms with Gasteiger partial charge in [-0.05, 0) is 37.1 Å². The van der Waals surface area contributed by atoms with Crippen LogP contribution >= 0.6 is 0 Å². The third-order valence-electron chi connectivity index (χ3n) is 3.99. The molecule has 24 heavy (non-hydrogen) atoms. The molecule has 1 aliphatic rings. The Labute approximate surface area is 139 Å². The standard InChI is InChI=1S/C18H16N6/c1-18(20)16-11-21-17(19)9-15(16)12(10-22-18)5-6-13-8-14-4-2-3-7-24(14)23-13/h2-4,7-11,22H,20H2,1H3,(H2,19,21). The molecule has 5 N–H and O–H groups in total. The van der Waals surface area contributed by atoms with Crippen molar-refractivity contribution < 1.29 is 0 Å². The summed E-state index contributed by atoms with van der Waals surface area (Å²) in [6, 6.07) is 9.63. The summed E-state index contributed by atoms with van der Waals surface area (Å²) in [5.74, 6) is 6.69. The first kappa shape index (κ1) is 14.3. The van der Waals surface area contributed by atoms with Crippen LogP contribution in [0.25, 0.3) is 11.1 Å². The molecule has 6 nitrogen and oxygen atoms in total. The number of nitrogen functional groups attached to an aromatic ring is 1. The summed E-state index contributed by atoms with van der Waals surface area (Å²) >= 11 is 0. The lowest BCUT2D eigenvalue weighted by molar-refractivity contribution is 0.431. The van der Waals surface area contributed by atoms with Gasteiger partial charge in [-0.2, -0.15) is 5.10 Å². The summed E-state index contributed by atoms with van der Waals surface area (Å²) in [6.45, 7) is 1.88. The van der Waals surface area contributed by atoms with Crippen LogP contribution in [0.5, 0.6) is 0 Å². The molecule has 0 amide bonds. The van der Waals surface area contributed by atoms with E-state index in [1.165, 1.54) is 0 Å². The van der Waals surface area contributed by atoms with Gasteiger partial charge in [0.2, 0.25) is 0 Å². The van der Waals surface area contributed by atoms with Gasteiger partial charge in [-0.1, -0.05) is 12.0 Å². The van der Waals surface area contributed by atoms with Gasteiger partial charge in [0.15, 0.2) is 0 Å². The van der Waals surface area contributed by atoms with E-state index >= 15 is 0 Å². The number of nitrogens with one attached hydrogen (secondary N) is 1. The molecular formula is C18H16N6. The quantitative estimate of drug-likeness (QED) is 0.546. The molecule has 118 valence electrons. The highest BCUT2D eigenvalue weighted by Gasteiger charge is 2.28. The van der Waals surface area contributed by atoms with Gasteiger partial charge in [0.1, 0.15) is 17.2 Å². The van der Waals surface area contributed by atoms with Crippen molar-refractivity contribution in [3.8, 4) is 11.8 Å². The van der Waals surface area contributed by atoms with Crippen molar-refractivity contribution in [1.29, 1.82) is 0 Å². The topological polar surface area (TPSA) is 94.3 Å². The van der Waals surface area contributed by atoms with E-state index in [0.29, 0.717) is 11.5 Å². The van der Waals surface area contributed by atoms with Crippen molar-refractivity contribution in [3.63, 3.8) is 0 Å². The molecule has 0 fully saturated rings. The third kappa shape index (κ3) is 2.37. The molecule has 0 radical (unpaired) electrons. The van der Waals surface area contributed by atoms with Crippen molar-refractivity contribution in [3.05, 3.63) is 65.7 Å². The zero-order chi connectivity index (χ0) is 16.7. The third-order valence-corrected chi connectivity index (χ3v) is 3.99. The van der Waals surface area contributed by atoms with E-state index in [1.54, 1.807) is 16.8 Å². The Kier molecular flexibility index (Phi) is 3.05. The maximum Gasteiger partial charge on any atom is 0.136 e. The van der Waals surface area contributed by atoms with Crippen molar-refractivity contribution in [1.82, 2.24) is 19.9 Å². The first-order chi connectivity index (χ1) is 11.5. The Balaban J connectivity index is 1.76. The predicted octanol–water partition coefficient (Wildman–Crippen LogP) is 1.44. The van der Waals surface area contributed by atoms with Crippen LogP contribution in [-0.4, -0.2) is 14.6 Å². The number of anilines is 1. The van der Waals surface area contributed by atoms with Crippen LogP contribution in [0, 0.1) is 11.8 Å². The van der Waals surface area contributed by atoms with Crippen molar-refractivity contribution in [2.24, 2.45) is 5.73 Å². The van der Waals surface area contributed by atoms with Crippen LogP contribution < -0.4 is 16.8 Å². The van der Waals surface area contributed by atoms with Crippen molar-refractivity contribution in [2.45, 2.75) is 12.6 Å². The SMILES string of the molecule is CC1(N)NC=C(C#Cc2cc3ccccn3n2)c2cc(N)ncc21. The highest BCUT2D eigenvalue weighted by molar-refractivity contribution is 5.83. The Bertz CT molecular complexity index is 999. The average Bonchev–Trinajstić information content (AvgIpc) is 2.96. The highest BCUT2D eigenvalue weighted by Crippen LogP contribution is 2.30. The zero-order valence-corrected chi connectivity index (χ0v) is 13.1. The lowest BCUT2D eigenvalue weighted by atomic mass is 9.91. The lowest BCUT2D eigenvalue weighted by Crippen LogP contribution is -2.47. The molecule has 0 aromatic carbocycles. The molecule has 0 saturated heterocycles. The molecule has 6 heteroatoms. The van der Waals surface area contributed by atoms with Gasteiger partial charge in [-0.3, -0.25) is 0 Å². The number of hydrogen-bond donors (Lipinski definition) is 3. The fourth-order valence-corrected chi connectivity index (χ4v) is 2.72. The number of pyridine rings is 2. The molecule has 3 aromatic heterocycles. The van der Waals surface area contributed by atoms with Crippen LogP contribution in [0.15, 0.2) is 48.9 Å². The van der Waals surface area contributed by atoms with E-state index in [1.807, 2.05) is 43.6 Å². The minimum absolute atomic E-state index is 0.437. The van der Waals surface area contributed by atoms with Gasteiger partial charge in [0, 0.05) is 35.3 Å². The molecule has 1 atom stereocenters. The number of nitrogens with zero attached hydrogens (tertiary/aromatic N) is 3. The van der Waals surface area contributed by atoms with Crippen LogP contribution in [0.3, 0.4) is 0 Å². The number of allylic oxidation sites excluding steroid dienone is 1. The van der Waals surface area contributed by atoms with E-state index in [4.69, 9.17) is 11.5 Å². The summed E-state index contributed by atoms with van der Waals surface area (Å²) in [4.78, 5) is 4.14. The first-order valence-electron chi connectivity index (χ1n) is 7.52. The molecule has 1 aliphatic heterocycles. The highest BCUT2D eigenvalue weighted by atomic mass is 15.2. The van der Waals surface area contributed by atoms with E-state index in [9.17, 15) is 0 Å². The van der Waals surface area contributed by atoms with Crippen molar-refractivity contribution >= 4 is 16.9 Å². The van der Waals surface area contributed by atoms with Gasteiger partial charge in [0.25, 0.3) is 0 Å². The summed E-state index contributed by atoms with van der Waals surface area (Å²) in [5.41, 5.74) is 15.6. The number of aromatic nitrogens is 3. The smallest absolute Gasteiger partial charge is 0.136 e. The molecule has 0 bridgehead atoms. The van der Waals surface area contributed by atoms with Gasteiger partial charge in [-0.25, -0.2) is 9.50 Å². The molecule has 0 spiro atoms. The maximum atomic E-state index is 6.26. The number of nitrogens with two attached hydrogens (primary N) is 2. The molecule has 0 aliphatic carbocycles. The monoisotopic (exact) mass is 316 g/mol. The molecule has 4 rings (SSSR count). The minimum atomic E-state index is -0.704. The second kappa shape index (κ2) is 5.11. The summed E-state index contributed by atoms with van der Waals surface area (Å²) in [6.07, 6.45) is 5.39. The second-order valence-electron chi connectivity index (χ2n) is 5.91. The Morgan fingerprint density at radius 3 is 2.96 bits per heavy atom. The van der Waals surface area contributed by atoms with E-state index < -0.39 is 5.66 Å². The molecule has 1 unspecified atom stereocenters. The predicted molar refractivity (Wildman–Crippen MR) is 93.4 cm³/mol. The number of fused-ring (bicyclic) bond motifs is 2. The lowest BCUT2D eigenvalue weighted by Gasteiger charge is -2.31. The molecule has 4 heterocycles. The fourth-order valence-electron chi connectivity index (χ4n) is 2.72. The van der Waals surface area contributed by atoms with Gasteiger partial charge in [0.05, 0.1) is 5.52 Å². The Hall–Kier alpha value is -3.30. The van der Waals surface area contributed by atoms with Crippen LogP contribution in [-0.2, 0) is 5.66 Å². The Morgan fingerprint density at radius 2 is 2.12 bits per heavy atom. The first-order valence-corrected chi connectivity index (χ1v) is 7.52. The van der Waals surface area contributed by atoms with Gasteiger partial charge >= 0.3 is 0 Å². The summed E-state index contributed by atoms with van der Waals surface area (Å²) in [5, 5.41) is 7.59. The zero-order valence-electron chi connectivity index (χ0n) is 13.1. The van der Waals surface area contributed by atoms with Crippen LogP contribution in [0.1, 0.15) is 23.7 Å². The summed E-state index contributed by atoms with van der Waals surface area (Å²) < 4.78 is 1.80. The Morgan fingerprint density at radius 1 is 1.25 bits per heavy atom. The minimum Gasteiger partial charge on any atom is -0.384 e. The van der Waals surface area contributed by atoms with Gasteiger partial charge in [-0.15, -0.1) is 0 Å². The van der Waals surface area contributed by atoms with Crippen LogP contribution in [0.4, 0.5) is 5.82 Å². The molecular weight excluding hydrogens is 300 g/mol. The van der Waals surface area contributed by atoms with E-state index in [-0.39, 0.29) is 0 Å². The fraction of sp³-hybridized carbons (Fsp3) is 0.111. The van der Waals surface area contributed by atoms with Crippen molar-refractivity contribution in [2.75, 3.05) is 5.73 Å². The maximum absolute atomic E-state index is 6.26. The van der Waals surface area contributed by atoms with Gasteiger partial charge < -0.3 is 16.8 Å². The van der Waals surface area contributed by atoms with E-state index in [0.717, 1.165) is 22.2 Å². The summed E-state index contributed by atoms with van der Waals surface area (Å²) in [7, 11) is 0. The second-order valence-corrected chi connectivity index (χ2v) is 5.91. The molecule has 3 aromatic rings. The van der Waals surface area contributed by atoms with E-state index in [2.05, 4.69) is 27.2 Å². The number of hydrogen-bond acceptors (Lipinski definition) is 5. The van der Waals surface area contributed by atoms with Crippen LogP contribution in [0.2, 0.25) is 0 Å². The largest absolute Gasteiger partial charge is 0.384 e.